The van der Waals surface area contributed by atoms with Gasteiger partial charge >= 0.3 is 0 Å². The standard InChI is InChI=1S/C6H11O2/c1-5-3-4-7-6(2)8-5/h4-6H,3H2,1-2H3. The smallest absolute Gasteiger partial charge is 0.155 e. The molecule has 1 radical (unpaired) electrons. The van der Waals surface area contributed by atoms with Gasteiger partial charge in [-0.15, -0.1) is 0 Å². The molecule has 1 saturated heterocycles. The summed E-state index contributed by atoms with van der Waals surface area (Å²) < 4.78 is 10.2. The SMILES string of the molecule is CC1C[CH]OC(C)O1. The largest absolute Gasteiger partial charge is 0.350 e. The molecule has 47 valence electrons. The van der Waals surface area contributed by atoms with Gasteiger partial charge in [-0.1, -0.05) is 0 Å². The van der Waals surface area contributed by atoms with Crippen molar-refractivity contribution in [3.8, 4) is 0 Å². The molecule has 1 heterocycles. The van der Waals surface area contributed by atoms with E-state index in [2.05, 4.69) is 0 Å². The Hall–Kier alpha value is -0.0800. The molecular weight excluding hydrogens is 104 g/mol. The average molecular weight is 115 g/mol. The Bertz CT molecular complexity index is 64.9. The number of rotatable bonds is 0. The molecule has 0 aromatic carbocycles. The lowest BCUT2D eigenvalue weighted by Crippen LogP contribution is -2.25. The van der Waals surface area contributed by atoms with Crippen LogP contribution in [-0.2, 0) is 9.47 Å². The van der Waals surface area contributed by atoms with E-state index in [1.807, 2.05) is 13.8 Å². The second-order valence-electron chi connectivity index (χ2n) is 2.05. The molecule has 1 aliphatic rings. The van der Waals surface area contributed by atoms with Crippen molar-refractivity contribution in [3.05, 3.63) is 6.61 Å². The molecule has 0 N–H and O–H groups in total. The number of hydrogen-bond donors (Lipinski definition) is 0. The summed E-state index contributed by atoms with van der Waals surface area (Å²) in [6, 6.07) is 0. The summed E-state index contributed by atoms with van der Waals surface area (Å²) in [5, 5.41) is 0. The van der Waals surface area contributed by atoms with E-state index in [4.69, 9.17) is 9.47 Å². The lowest BCUT2D eigenvalue weighted by molar-refractivity contribution is -0.172. The van der Waals surface area contributed by atoms with E-state index < -0.39 is 0 Å². The van der Waals surface area contributed by atoms with E-state index in [9.17, 15) is 0 Å². The van der Waals surface area contributed by atoms with E-state index >= 15 is 0 Å². The van der Waals surface area contributed by atoms with Crippen molar-refractivity contribution in [2.45, 2.75) is 32.7 Å². The normalized spacial score (nSPS) is 39.8. The third kappa shape index (κ3) is 1.46. The molecule has 1 fully saturated rings. The second-order valence-corrected chi connectivity index (χ2v) is 2.05. The Balaban J connectivity index is 2.23. The molecule has 0 aromatic rings. The van der Waals surface area contributed by atoms with Gasteiger partial charge in [-0.25, -0.2) is 0 Å². The van der Waals surface area contributed by atoms with E-state index in [0.29, 0.717) is 6.10 Å². The number of hydrogen-bond acceptors (Lipinski definition) is 2. The molecule has 2 nitrogen and oxygen atoms in total. The number of ether oxygens (including phenoxy) is 2. The molecular formula is C6H11O2. The van der Waals surface area contributed by atoms with Crippen molar-refractivity contribution >= 4 is 0 Å². The highest BCUT2D eigenvalue weighted by atomic mass is 16.7. The van der Waals surface area contributed by atoms with Gasteiger partial charge in [0.15, 0.2) is 6.29 Å². The zero-order valence-electron chi connectivity index (χ0n) is 5.26. The third-order valence-corrected chi connectivity index (χ3v) is 1.14. The van der Waals surface area contributed by atoms with Crippen molar-refractivity contribution in [1.29, 1.82) is 0 Å². The van der Waals surface area contributed by atoms with E-state index in [1.54, 1.807) is 6.61 Å². The van der Waals surface area contributed by atoms with Gasteiger partial charge in [-0.05, 0) is 13.8 Å². The molecule has 2 heteroatoms. The average Bonchev–Trinajstić information content (AvgIpc) is 1.64. The van der Waals surface area contributed by atoms with Crippen molar-refractivity contribution in [1.82, 2.24) is 0 Å². The van der Waals surface area contributed by atoms with Crippen molar-refractivity contribution in [2.24, 2.45) is 0 Å². The Morgan fingerprint density at radius 2 is 2.25 bits per heavy atom. The second kappa shape index (κ2) is 2.46. The minimum absolute atomic E-state index is 0.0428. The molecule has 2 unspecified atom stereocenters. The van der Waals surface area contributed by atoms with Gasteiger partial charge in [0.05, 0.1) is 12.7 Å². The molecule has 0 aliphatic carbocycles. The maximum Gasteiger partial charge on any atom is 0.155 e. The van der Waals surface area contributed by atoms with E-state index in [-0.39, 0.29) is 6.29 Å². The van der Waals surface area contributed by atoms with Crippen LogP contribution in [0.4, 0.5) is 0 Å². The highest BCUT2D eigenvalue weighted by Gasteiger charge is 2.14. The van der Waals surface area contributed by atoms with Crippen LogP contribution >= 0.6 is 0 Å². The molecule has 0 bridgehead atoms. The summed E-state index contributed by atoms with van der Waals surface area (Å²) in [6.45, 7) is 5.74. The van der Waals surface area contributed by atoms with Gasteiger partial charge in [-0.2, -0.15) is 0 Å². The maximum absolute atomic E-state index is 5.23. The zero-order valence-corrected chi connectivity index (χ0v) is 5.26. The highest BCUT2D eigenvalue weighted by molar-refractivity contribution is 4.63. The predicted octanol–water partition coefficient (Wildman–Crippen LogP) is 1.32. The first-order chi connectivity index (χ1) is 3.79. The first kappa shape index (κ1) is 6.05. The fraction of sp³-hybridized carbons (Fsp3) is 0.833. The highest BCUT2D eigenvalue weighted by Crippen LogP contribution is 2.13. The topological polar surface area (TPSA) is 18.5 Å². The first-order valence-corrected chi connectivity index (χ1v) is 2.91. The Labute approximate surface area is 49.8 Å². The molecule has 1 rings (SSSR count). The monoisotopic (exact) mass is 115 g/mol. The van der Waals surface area contributed by atoms with Crippen LogP contribution in [0.15, 0.2) is 0 Å². The van der Waals surface area contributed by atoms with Crippen molar-refractivity contribution in [3.63, 3.8) is 0 Å². The van der Waals surface area contributed by atoms with Crippen LogP contribution < -0.4 is 0 Å². The summed E-state index contributed by atoms with van der Waals surface area (Å²) in [7, 11) is 0. The summed E-state index contributed by atoms with van der Waals surface area (Å²) in [5.41, 5.74) is 0. The van der Waals surface area contributed by atoms with Crippen LogP contribution in [-0.4, -0.2) is 12.4 Å². The predicted molar refractivity (Wildman–Crippen MR) is 30.0 cm³/mol. The quantitative estimate of drug-likeness (QED) is 0.474. The fourth-order valence-corrected chi connectivity index (χ4v) is 0.741. The van der Waals surface area contributed by atoms with Crippen LogP contribution in [0.25, 0.3) is 0 Å². The van der Waals surface area contributed by atoms with Crippen LogP contribution in [0.2, 0.25) is 0 Å². The van der Waals surface area contributed by atoms with Crippen molar-refractivity contribution in [2.75, 3.05) is 0 Å². The molecule has 8 heavy (non-hydrogen) atoms. The van der Waals surface area contributed by atoms with Gasteiger partial charge in [0, 0.05) is 6.42 Å². The molecule has 0 saturated carbocycles. The molecule has 0 aromatic heterocycles. The summed E-state index contributed by atoms with van der Waals surface area (Å²) >= 11 is 0. The van der Waals surface area contributed by atoms with Crippen molar-refractivity contribution < 1.29 is 9.47 Å². The third-order valence-electron chi connectivity index (χ3n) is 1.14. The minimum Gasteiger partial charge on any atom is -0.350 e. The Kier molecular flexibility index (Phi) is 1.86. The summed E-state index contributed by atoms with van der Waals surface area (Å²) in [6.07, 6.45) is 1.20. The maximum atomic E-state index is 5.23. The van der Waals surface area contributed by atoms with E-state index in [1.165, 1.54) is 0 Å². The lowest BCUT2D eigenvalue weighted by Gasteiger charge is -2.24. The Morgan fingerprint density at radius 1 is 1.50 bits per heavy atom. The fourth-order valence-electron chi connectivity index (χ4n) is 0.741. The summed E-state index contributed by atoms with van der Waals surface area (Å²) in [4.78, 5) is 0. The van der Waals surface area contributed by atoms with Crippen LogP contribution in [0.5, 0.6) is 0 Å². The van der Waals surface area contributed by atoms with Crippen LogP contribution in [0.3, 0.4) is 0 Å². The molecule has 1 aliphatic heterocycles. The first-order valence-electron chi connectivity index (χ1n) is 2.91. The van der Waals surface area contributed by atoms with Gasteiger partial charge in [0.1, 0.15) is 0 Å². The zero-order chi connectivity index (χ0) is 5.98. The molecule has 2 atom stereocenters. The molecule has 0 spiro atoms. The van der Waals surface area contributed by atoms with Gasteiger partial charge in [-0.3, -0.25) is 0 Å². The van der Waals surface area contributed by atoms with Gasteiger partial charge < -0.3 is 9.47 Å². The van der Waals surface area contributed by atoms with Crippen LogP contribution in [0.1, 0.15) is 20.3 Å². The minimum atomic E-state index is -0.0428. The summed E-state index contributed by atoms with van der Waals surface area (Å²) in [5.74, 6) is 0. The van der Waals surface area contributed by atoms with Gasteiger partial charge in [0.25, 0.3) is 0 Å². The molecule has 0 amide bonds. The lowest BCUT2D eigenvalue weighted by atomic mass is 10.3. The Morgan fingerprint density at radius 3 is 2.62 bits per heavy atom. The van der Waals surface area contributed by atoms with Gasteiger partial charge in [0.2, 0.25) is 0 Å². The van der Waals surface area contributed by atoms with Crippen LogP contribution in [0, 0.1) is 6.61 Å². The van der Waals surface area contributed by atoms with E-state index in [0.717, 1.165) is 6.42 Å².